The molecule has 2 atom stereocenters. The minimum Gasteiger partial charge on any atom is -0.489 e. The fourth-order valence-corrected chi connectivity index (χ4v) is 4.45. The number of benzene rings is 2. The maximum atomic E-state index is 13.5. The molecular weight excluding hydrogens is 486 g/mol. The molecule has 2 aromatic rings. The van der Waals surface area contributed by atoms with Crippen LogP contribution >= 0.6 is 0 Å². The Labute approximate surface area is 222 Å². The van der Waals surface area contributed by atoms with Crippen LogP contribution < -0.4 is 10.5 Å². The van der Waals surface area contributed by atoms with Crippen molar-refractivity contribution in [2.75, 3.05) is 6.54 Å². The van der Waals surface area contributed by atoms with Crippen LogP contribution in [0.4, 0.5) is 0 Å². The van der Waals surface area contributed by atoms with Gasteiger partial charge < -0.3 is 25.6 Å². The van der Waals surface area contributed by atoms with Crippen molar-refractivity contribution in [2.45, 2.75) is 45.8 Å². The lowest BCUT2D eigenvalue weighted by Crippen LogP contribution is -2.63. The number of amidine groups is 1. The van der Waals surface area contributed by atoms with E-state index < -0.39 is 29.3 Å². The maximum absolute atomic E-state index is 13.5. The van der Waals surface area contributed by atoms with Crippen LogP contribution in [-0.4, -0.2) is 50.9 Å². The lowest BCUT2D eigenvalue weighted by Gasteiger charge is -2.43. The van der Waals surface area contributed by atoms with Gasteiger partial charge in [0.1, 0.15) is 18.2 Å². The number of aliphatic carboxylic acids is 2. The number of rotatable bonds is 14. The Balaban J connectivity index is 2.25. The SMILES string of the molecule is C=CCN(C(=O)/C(C)=C/c1ccc(COc2ccc(C(=N)N)cc2)cc1)[C@](CC)(C(=O)O)C(CC)C(=O)O. The molecule has 0 heterocycles. The molecule has 0 radical (unpaired) electrons. The lowest BCUT2D eigenvalue weighted by molar-refractivity contribution is -0.170. The summed E-state index contributed by atoms with van der Waals surface area (Å²) in [5.41, 5.74) is 6.01. The number of nitrogens with zero attached hydrogens (tertiary/aromatic N) is 1. The van der Waals surface area contributed by atoms with Crippen LogP contribution in [0.3, 0.4) is 0 Å². The average Bonchev–Trinajstić information content (AvgIpc) is 2.89. The Hall–Kier alpha value is -4.40. The van der Waals surface area contributed by atoms with E-state index in [-0.39, 0.29) is 30.8 Å². The molecule has 0 saturated carbocycles. The number of amides is 1. The first-order valence-corrected chi connectivity index (χ1v) is 12.2. The van der Waals surface area contributed by atoms with E-state index >= 15 is 0 Å². The number of carbonyl (C=O) groups excluding carboxylic acids is 1. The topological polar surface area (TPSA) is 154 Å². The second-order valence-corrected chi connectivity index (χ2v) is 8.88. The van der Waals surface area contributed by atoms with Gasteiger partial charge in [-0.2, -0.15) is 0 Å². The number of nitrogens with one attached hydrogen (secondary N) is 1. The van der Waals surface area contributed by atoms with Crippen molar-refractivity contribution >= 4 is 29.8 Å². The Kier molecular flexibility index (Phi) is 10.4. The molecule has 2 aromatic carbocycles. The highest BCUT2D eigenvalue weighted by Gasteiger charge is 2.53. The van der Waals surface area contributed by atoms with Gasteiger partial charge in [-0.3, -0.25) is 15.0 Å². The standard InChI is InChI=1S/C29H35N3O6/c1-5-16-32(29(7-3,28(36)37)24(6-2)27(34)35)26(33)19(4)17-20-8-10-21(11-9-20)18-38-23-14-12-22(13-15-23)25(30)31/h5,8-15,17,24H,1,6-7,16,18H2,2-4H3,(H3,30,31)(H,34,35)(H,36,37)/b19-17+/t24?,29-/m0/s1. The molecule has 0 fully saturated rings. The van der Waals surface area contributed by atoms with Crippen molar-refractivity contribution in [1.82, 2.24) is 4.90 Å². The summed E-state index contributed by atoms with van der Waals surface area (Å²) in [6, 6.07) is 14.2. The number of nitrogen functional groups attached to an aromatic ring is 1. The highest BCUT2D eigenvalue weighted by molar-refractivity contribution is 6.01. The van der Waals surface area contributed by atoms with Crippen LogP contribution in [-0.2, 0) is 21.0 Å². The zero-order valence-electron chi connectivity index (χ0n) is 21.9. The summed E-state index contributed by atoms with van der Waals surface area (Å²) in [5, 5.41) is 27.4. The summed E-state index contributed by atoms with van der Waals surface area (Å²) in [6.07, 6.45) is 3.00. The van der Waals surface area contributed by atoms with E-state index in [4.69, 9.17) is 15.9 Å². The largest absolute Gasteiger partial charge is 0.489 e. The van der Waals surface area contributed by atoms with Gasteiger partial charge in [0.15, 0.2) is 5.54 Å². The molecule has 0 aromatic heterocycles. The van der Waals surface area contributed by atoms with Gasteiger partial charge in [0.05, 0.1) is 5.92 Å². The number of carboxylic acids is 2. The Morgan fingerprint density at radius 1 is 1.11 bits per heavy atom. The summed E-state index contributed by atoms with van der Waals surface area (Å²) < 4.78 is 5.77. The van der Waals surface area contributed by atoms with Crippen LogP contribution in [0.25, 0.3) is 6.08 Å². The van der Waals surface area contributed by atoms with Crippen molar-refractivity contribution in [3.63, 3.8) is 0 Å². The van der Waals surface area contributed by atoms with Crippen LogP contribution in [0.15, 0.2) is 66.8 Å². The molecule has 38 heavy (non-hydrogen) atoms. The van der Waals surface area contributed by atoms with Gasteiger partial charge in [-0.1, -0.05) is 44.2 Å². The molecule has 9 nitrogen and oxygen atoms in total. The van der Waals surface area contributed by atoms with Gasteiger partial charge in [-0.25, -0.2) is 4.79 Å². The van der Waals surface area contributed by atoms with E-state index in [9.17, 15) is 24.6 Å². The second kappa shape index (κ2) is 13.2. The van der Waals surface area contributed by atoms with E-state index in [0.29, 0.717) is 23.5 Å². The van der Waals surface area contributed by atoms with Gasteiger partial charge in [0, 0.05) is 17.7 Å². The summed E-state index contributed by atoms with van der Waals surface area (Å²) in [5.74, 6) is -3.88. The number of carboxylic acid groups (broad SMARTS) is 2. The molecule has 1 amide bonds. The monoisotopic (exact) mass is 521 g/mol. The van der Waals surface area contributed by atoms with Gasteiger partial charge in [-0.05, 0) is 61.2 Å². The third kappa shape index (κ3) is 6.67. The third-order valence-corrected chi connectivity index (χ3v) is 6.50. The van der Waals surface area contributed by atoms with E-state index in [1.807, 2.05) is 24.3 Å². The molecule has 2 rings (SSSR count). The van der Waals surface area contributed by atoms with E-state index in [1.54, 1.807) is 51.1 Å². The fourth-order valence-electron chi connectivity index (χ4n) is 4.45. The average molecular weight is 522 g/mol. The Morgan fingerprint density at radius 3 is 2.16 bits per heavy atom. The highest BCUT2D eigenvalue weighted by Crippen LogP contribution is 2.34. The molecule has 202 valence electrons. The summed E-state index contributed by atoms with van der Waals surface area (Å²) in [6.45, 7) is 8.57. The number of nitrogens with two attached hydrogens (primary N) is 1. The van der Waals surface area contributed by atoms with E-state index in [2.05, 4.69) is 6.58 Å². The van der Waals surface area contributed by atoms with E-state index in [1.165, 1.54) is 6.08 Å². The molecule has 1 unspecified atom stereocenters. The normalized spacial score (nSPS) is 13.6. The minimum atomic E-state index is -1.93. The predicted molar refractivity (Wildman–Crippen MR) is 146 cm³/mol. The molecule has 0 aliphatic rings. The highest BCUT2D eigenvalue weighted by atomic mass is 16.5. The van der Waals surface area contributed by atoms with Crippen molar-refractivity contribution < 1.29 is 29.3 Å². The quantitative estimate of drug-likeness (QED) is 0.125. The van der Waals surface area contributed by atoms with Crippen molar-refractivity contribution in [1.29, 1.82) is 5.41 Å². The van der Waals surface area contributed by atoms with Gasteiger partial charge in [0.2, 0.25) is 0 Å². The Bertz CT molecular complexity index is 1200. The molecule has 0 aliphatic heterocycles. The van der Waals surface area contributed by atoms with Crippen molar-refractivity contribution in [3.8, 4) is 5.75 Å². The summed E-state index contributed by atoms with van der Waals surface area (Å²) in [4.78, 5) is 39.1. The number of ether oxygens (including phenoxy) is 1. The first-order chi connectivity index (χ1) is 18.0. The number of hydrogen-bond acceptors (Lipinski definition) is 5. The molecular formula is C29H35N3O6. The second-order valence-electron chi connectivity index (χ2n) is 8.88. The zero-order chi connectivity index (χ0) is 28.5. The number of carbonyl (C=O) groups is 3. The van der Waals surface area contributed by atoms with Crippen LogP contribution in [0.2, 0.25) is 0 Å². The predicted octanol–water partition coefficient (Wildman–Crippen LogP) is 4.31. The molecule has 9 heteroatoms. The van der Waals surface area contributed by atoms with Crippen molar-refractivity contribution in [2.24, 2.45) is 11.7 Å². The van der Waals surface area contributed by atoms with Crippen molar-refractivity contribution in [3.05, 3.63) is 83.4 Å². The van der Waals surface area contributed by atoms with Crippen LogP contribution in [0, 0.1) is 11.3 Å². The maximum Gasteiger partial charge on any atom is 0.330 e. The molecule has 0 aliphatic carbocycles. The molecule has 0 saturated heterocycles. The molecule has 0 spiro atoms. The number of hydrogen-bond donors (Lipinski definition) is 4. The Morgan fingerprint density at radius 2 is 1.71 bits per heavy atom. The lowest BCUT2D eigenvalue weighted by atomic mass is 9.77. The van der Waals surface area contributed by atoms with Crippen LogP contribution in [0.1, 0.15) is 50.3 Å². The fraction of sp³-hybridized carbons (Fsp3) is 0.310. The minimum absolute atomic E-state index is 0.0167. The zero-order valence-corrected chi connectivity index (χ0v) is 21.9. The smallest absolute Gasteiger partial charge is 0.330 e. The molecule has 5 N–H and O–H groups in total. The van der Waals surface area contributed by atoms with Gasteiger partial charge in [0.25, 0.3) is 5.91 Å². The van der Waals surface area contributed by atoms with E-state index in [0.717, 1.165) is 10.5 Å². The van der Waals surface area contributed by atoms with Gasteiger partial charge >= 0.3 is 11.9 Å². The first-order valence-electron chi connectivity index (χ1n) is 12.2. The molecule has 0 bridgehead atoms. The first kappa shape index (κ1) is 29.8. The summed E-state index contributed by atoms with van der Waals surface area (Å²) in [7, 11) is 0. The third-order valence-electron chi connectivity index (χ3n) is 6.50. The van der Waals surface area contributed by atoms with Crippen LogP contribution in [0.5, 0.6) is 5.75 Å². The summed E-state index contributed by atoms with van der Waals surface area (Å²) >= 11 is 0. The van der Waals surface area contributed by atoms with Gasteiger partial charge in [-0.15, -0.1) is 6.58 Å².